The summed E-state index contributed by atoms with van der Waals surface area (Å²) in [4.78, 5) is 1.32. The van der Waals surface area contributed by atoms with E-state index in [4.69, 9.17) is 0 Å². The van der Waals surface area contributed by atoms with Gasteiger partial charge in [-0.15, -0.1) is 11.3 Å². The minimum Gasteiger partial charge on any atom is -0.394 e. The molecular weight excluding hydrogens is 254 g/mol. The van der Waals surface area contributed by atoms with Crippen LogP contribution in [0.2, 0.25) is 0 Å². The molecule has 2 nitrogen and oxygen atoms in total. The summed E-state index contributed by atoms with van der Waals surface area (Å²) < 4.78 is 0. The standard InChI is InChI=1S/C16H19NOS/c18-12-16(17-11-14-7-4-10-19-14)9-3-6-13-5-1-2-8-15(13)16/h1-2,4-5,7-8,10,17-18H,3,6,9,11-12H2. The van der Waals surface area contributed by atoms with Crippen molar-refractivity contribution in [2.24, 2.45) is 0 Å². The van der Waals surface area contributed by atoms with E-state index in [9.17, 15) is 5.11 Å². The van der Waals surface area contributed by atoms with Crippen molar-refractivity contribution in [1.82, 2.24) is 5.32 Å². The molecule has 19 heavy (non-hydrogen) atoms. The highest BCUT2D eigenvalue weighted by Gasteiger charge is 2.35. The zero-order valence-electron chi connectivity index (χ0n) is 10.9. The number of hydrogen-bond donors (Lipinski definition) is 2. The van der Waals surface area contributed by atoms with Gasteiger partial charge < -0.3 is 10.4 Å². The third-order valence-corrected chi connectivity index (χ3v) is 4.91. The van der Waals surface area contributed by atoms with Crippen molar-refractivity contribution in [2.45, 2.75) is 31.3 Å². The van der Waals surface area contributed by atoms with E-state index in [-0.39, 0.29) is 12.1 Å². The highest BCUT2D eigenvalue weighted by molar-refractivity contribution is 7.09. The van der Waals surface area contributed by atoms with Gasteiger partial charge in [0.25, 0.3) is 0 Å². The maximum atomic E-state index is 9.96. The van der Waals surface area contributed by atoms with E-state index >= 15 is 0 Å². The molecule has 1 aromatic heterocycles. The van der Waals surface area contributed by atoms with Gasteiger partial charge in [-0.2, -0.15) is 0 Å². The molecule has 100 valence electrons. The summed E-state index contributed by atoms with van der Waals surface area (Å²) in [7, 11) is 0. The Bertz CT molecular complexity index is 537. The van der Waals surface area contributed by atoms with Crippen LogP contribution in [-0.2, 0) is 18.5 Å². The molecule has 3 rings (SSSR count). The van der Waals surface area contributed by atoms with Crippen molar-refractivity contribution in [3.63, 3.8) is 0 Å². The van der Waals surface area contributed by atoms with Crippen LogP contribution in [0.25, 0.3) is 0 Å². The number of fused-ring (bicyclic) bond motifs is 1. The fraction of sp³-hybridized carbons (Fsp3) is 0.375. The lowest BCUT2D eigenvalue weighted by atomic mass is 9.77. The number of hydrogen-bond acceptors (Lipinski definition) is 3. The Morgan fingerprint density at radius 1 is 1.21 bits per heavy atom. The monoisotopic (exact) mass is 273 g/mol. The number of benzene rings is 1. The summed E-state index contributed by atoms with van der Waals surface area (Å²) in [5.41, 5.74) is 2.39. The first-order chi connectivity index (χ1) is 9.34. The van der Waals surface area contributed by atoms with Gasteiger partial charge in [0.15, 0.2) is 0 Å². The van der Waals surface area contributed by atoms with Crippen LogP contribution in [0, 0.1) is 0 Å². The molecule has 0 bridgehead atoms. The van der Waals surface area contributed by atoms with E-state index in [1.807, 2.05) is 0 Å². The Morgan fingerprint density at radius 3 is 2.89 bits per heavy atom. The average molecular weight is 273 g/mol. The molecule has 0 fully saturated rings. The second-order valence-corrected chi connectivity index (χ2v) is 6.22. The summed E-state index contributed by atoms with van der Waals surface area (Å²) >= 11 is 1.76. The minimum absolute atomic E-state index is 0.162. The number of rotatable bonds is 4. The largest absolute Gasteiger partial charge is 0.394 e. The molecule has 0 spiro atoms. The Hall–Kier alpha value is -1.16. The molecule has 0 aliphatic heterocycles. The minimum atomic E-state index is -0.265. The normalized spacial score (nSPS) is 22.2. The van der Waals surface area contributed by atoms with E-state index < -0.39 is 0 Å². The maximum absolute atomic E-state index is 9.96. The van der Waals surface area contributed by atoms with Gasteiger partial charge in [-0.25, -0.2) is 0 Å². The average Bonchev–Trinajstić information content (AvgIpc) is 2.98. The first-order valence-corrected chi connectivity index (χ1v) is 7.69. The van der Waals surface area contributed by atoms with Crippen molar-refractivity contribution < 1.29 is 5.11 Å². The second kappa shape index (κ2) is 5.45. The van der Waals surface area contributed by atoms with E-state index in [1.165, 1.54) is 16.0 Å². The first-order valence-electron chi connectivity index (χ1n) is 6.81. The molecule has 1 atom stereocenters. The van der Waals surface area contributed by atoms with Gasteiger partial charge in [0.2, 0.25) is 0 Å². The highest BCUT2D eigenvalue weighted by atomic mass is 32.1. The molecular formula is C16H19NOS. The third kappa shape index (κ3) is 2.46. The molecule has 2 aromatic rings. The quantitative estimate of drug-likeness (QED) is 0.897. The topological polar surface area (TPSA) is 32.3 Å². The molecule has 1 aliphatic rings. The number of aliphatic hydroxyl groups excluding tert-OH is 1. The summed E-state index contributed by atoms with van der Waals surface area (Å²) in [5, 5.41) is 15.7. The molecule has 0 saturated heterocycles. The summed E-state index contributed by atoms with van der Waals surface area (Å²) in [5.74, 6) is 0. The van der Waals surface area contributed by atoms with E-state index in [1.54, 1.807) is 11.3 Å². The number of aliphatic hydroxyl groups is 1. The Balaban J connectivity index is 1.87. The molecule has 0 radical (unpaired) electrons. The number of nitrogens with one attached hydrogen (secondary N) is 1. The molecule has 1 aromatic carbocycles. The predicted molar refractivity (Wildman–Crippen MR) is 79.3 cm³/mol. The van der Waals surface area contributed by atoms with Gasteiger partial charge in [-0.3, -0.25) is 0 Å². The lowest BCUT2D eigenvalue weighted by molar-refractivity contribution is 0.140. The zero-order chi connectivity index (χ0) is 13.1. The Kier molecular flexibility index (Phi) is 3.69. The van der Waals surface area contributed by atoms with Crippen molar-refractivity contribution in [2.75, 3.05) is 6.61 Å². The van der Waals surface area contributed by atoms with Crippen LogP contribution in [0.5, 0.6) is 0 Å². The second-order valence-electron chi connectivity index (χ2n) is 5.18. The molecule has 0 saturated carbocycles. The highest BCUT2D eigenvalue weighted by Crippen LogP contribution is 2.35. The van der Waals surface area contributed by atoms with Gasteiger partial charge >= 0.3 is 0 Å². The van der Waals surface area contributed by atoms with Crippen LogP contribution < -0.4 is 5.32 Å². The maximum Gasteiger partial charge on any atom is 0.0674 e. The molecule has 1 aliphatic carbocycles. The van der Waals surface area contributed by atoms with Crippen LogP contribution in [0.1, 0.15) is 28.8 Å². The molecule has 0 amide bonds. The van der Waals surface area contributed by atoms with E-state index in [2.05, 4.69) is 47.1 Å². The predicted octanol–water partition coefficient (Wildman–Crippen LogP) is 3.06. The van der Waals surface area contributed by atoms with Crippen LogP contribution in [0.15, 0.2) is 41.8 Å². The smallest absolute Gasteiger partial charge is 0.0674 e. The number of aryl methyl sites for hydroxylation is 1. The van der Waals surface area contributed by atoms with Gasteiger partial charge in [-0.1, -0.05) is 30.3 Å². The van der Waals surface area contributed by atoms with Crippen LogP contribution in [-0.4, -0.2) is 11.7 Å². The molecule has 2 N–H and O–H groups in total. The molecule has 3 heteroatoms. The lowest BCUT2D eigenvalue weighted by Crippen LogP contribution is -2.47. The van der Waals surface area contributed by atoms with Gasteiger partial charge in [0.05, 0.1) is 12.1 Å². The number of thiophene rings is 1. The van der Waals surface area contributed by atoms with Gasteiger partial charge in [0, 0.05) is 11.4 Å². The lowest BCUT2D eigenvalue weighted by Gasteiger charge is -2.38. The Morgan fingerprint density at radius 2 is 2.11 bits per heavy atom. The first kappa shape index (κ1) is 12.9. The fourth-order valence-corrected chi connectivity index (χ4v) is 3.64. The van der Waals surface area contributed by atoms with Crippen molar-refractivity contribution in [3.8, 4) is 0 Å². The van der Waals surface area contributed by atoms with Crippen molar-refractivity contribution in [1.29, 1.82) is 0 Å². The molecule has 1 unspecified atom stereocenters. The summed E-state index contributed by atoms with van der Waals surface area (Å²) in [6.45, 7) is 0.988. The van der Waals surface area contributed by atoms with Crippen molar-refractivity contribution in [3.05, 3.63) is 57.8 Å². The van der Waals surface area contributed by atoms with E-state index in [0.29, 0.717) is 0 Å². The van der Waals surface area contributed by atoms with Crippen LogP contribution in [0.3, 0.4) is 0 Å². The zero-order valence-corrected chi connectivity index (χ0v) is 11.7. The summed E-state index contributed by atoms with van der Waals surface area (Å²) in [6.07, 6.45) is 3.26. The van der Waals surface area contributed by atoms with Crippen molar-refractivity contribution >= 4 is 11.3 Å². The van der Waals surface area contributed by atoms with Gasteiger partial charge in [0.1, 0.15) is 0 Å². The third-order valence-electron chi connectivity index (χ3n) is 4.03. The van der Waals surface area contributed by atoms with Crippen LogP contribution >= 0.6 is 11.3 Å². The fourth-order valence-electron chi connectivity index (χ4n) is 2.99. The Labute approximate surface area is 118 Å². The van der Waals surface area contributed by atoms with Gasteiger partial charge in [-0.05, 0) is 41.8 Å². The van der Waals surface area contributed by atoms with Crippen LogP contribution in [0.4, 0.5) is 0 Å². The molecule has 1 heterocycles. The SMILES string of the molecule is OCC1(NCc2cccs2)CCCc2ccccc21. The van der Waals surface area contributed by atoms with E-state index in [0.717, 1.165) is 25.8 Å². The summed E-state index contributed by atoms with van der Waals surface area (Å²) in [6, 6.07) is 12.7.